The minimum Gasteiger partial charge on any atom is -0.342 e. The summed E-state index contributed by atoms with van der Waals surface area (Å²) in [5, 5.41) is 0. The Balaban J connectivity index is 2.69. The smallest absolute Gasteiger partial charge is 0.229 e. The van der Waals surface area contributed by atoms with E-state index in [9.17, 15) is 4.79 Å². The molecule has 1 saturated heterocycles. The molecule has 3 heteroatoms. The summed E-state index contributed by atoms with van der Waals surface area (Å²) in [5.41, 5.74) is 5.35. The van der Waals surface area contributed by atoms with E-state index in [0.717, 1.165) is 19.5 Å². The van der Waals surface area contributed by atoms with Crippen LogP contribution in [0.4, 0.5) is 0 Å². The van der Waals surface area contributed by atoms with Crippen molar-refractivity contribution in [3.05, 3.63) is 0 Å². The molecule has 0 aromatic rings. The molecule has 1 heterocycles. The predicted molar refractivity (Wildman–Crippen MR) is 62.4 cm³/mol. The van der Waals surface area contributed by atoms with E-state index < -0.39 is 0 Å². The van der Waals surface area contributed by atoms with Crippen molar-refractivity contribution in [3.63, 3.8) is 0 Å². The number of hydrogen-bond donors (Lipinski definition) is 1. The van der Waals surface area contributed by atoms with Gasteiger partial charge in [-0.25, -0.2) is 0 Å². The van der Waals surface area contributed by atoms with E-state index in [1.165, 1.54) is 0 Å². The molecule has 3 unspecified atom stereocenters. The van der Waals surface area contributed by atoms with Gasteiger partial charge in [0.1, 0.15) is 0 Å². The maximum absolute atomic E-state index is 12.3. The molecule has 1 aliphatic rings. The van der Waals surface area contributed by atoms with Gasteiger partial charge < -0.3 is 10.6 Å². The van der Waals surface area contributed by atoms with E-state index in [2.05, 4.69) is 13.8 Å². The fraction of sp³-hybridized carbons (Fsp3) is 0.917. The molecule has 3 atom stereocenters. The highest BCUT2D eigenvalue weighted by Gasteiger charge is 2.38. The van der Waals surface area contributed by atoms with Crippen LogP contribution in [-0.4, -0.2) is 30.4 Å². The summed E-state index contributed by atoms with van der Waals surface area (Å²) in [6.45, 7) is 10.7. The lowest BCUT2D eigenvalue weighted by Crippen LogP contribution is -2.45. The number of carbonyl (C=O) groups excluding carboxylic acids is 1. The summed E-state index contributed by atoms with van der Waals surface area (Å²) in [4.78, 5) is 14.3. The number of nitrogens with zero attached hydrogens (tertiary/aromatic N) is 1. The third-order valence-corrected chi connectivity index (χ3v) is 4.02. The van der Waals surface area contributed by atoms with E-state index in [1.54, 1.807) is 0 Å². The molecule has 3 nitrogen and oxygen atoms in total. The molecule has 1 fully saturated rings. The molecular formula is C12H24N2O. The van der Waals surface area contributed by atoms with Crippen molar-refractivity contribution in [2.75, 3.05) is 19.6 Å². The van der Waals surface area contributed by atoms with E-state index in [-0.39, 0.29) is 11.3 Å². The standard InChI is InChI=1S/C12H24N2O/c1-5-12(4,8-13)11(15)14-6-9(2)10(3)7-14/h9-10H,5-8,13H2,1-4H3. The average Bonchev–Trinajstić information content (AvgIpc) is 2.57. The van der Waals surface area contributed by atoms with Crippen molar-refractivity contribution in [3.8, 4) is 0 Å². The Labute approximate surface area is 93.0 Å². The Morgan fingerprint density at radius 3 is 2.20 bits per heavy atom. The summed E-state index contributed by atoms with van der Waals surface area (Å²) < 4.78 is 0. The summed E-state index contributed by atoms with van der Waals surface area (Å²) in [5.74, 6) is 1.48. The van der Waals surface area contributed by atoms with Crippen molar-refractivity contribution in [1.82, 2.24) is 4.90 Å². The lowest BCUT2D eigenvalue weighted by Gasteiger charge is -2.30. The van der Waals surface area contributed by atoms with Gasteiger partial charge in [0, 0.05) is 19.6 Å². The van der Waals surface area contributed by atoms with Gasteiger partial charge in [0.25, 0.3) is 0 Å². The number of nitrogens with two attached hydrogens (primary N) is 1. The molecule has 2 N–H and O–H groups in total. The SMILES string of the molecule is CCC(C)(CN)C(=O)N1CC(C)C(C)C1. The fourth-order valence-electron chi connectivity index (χ4n) is 2.06. The Morgan fingerprint density at radius 1 is 1.40 bits per heavy atom. The van der Waals surface area contributed by atoms with E-state index in [0.29, 0.717) is 18.4 Å². The van der Waals surface area contributed by atoms with Crippen molar-refractivity contribution in [1.29, 1.82) is 0 Å². The number of rotatable bonds is 3. The highest BCUT2D eigenvalue weighted by atomic mass is 16.2. The third kappa shape index (κ3) is 2.33. The summed E-state index contributed by atoms with van der Waals surface area (Å²) >= 11 is 0. The molecule has 88 valence electrons. The maximum atomic E-state index is 12.3. The normalized spacial score (nSPS) is 30.3. The van der Waals surface area contributed by atoms with Gasteiger partial charge in [-0.05, 0) is 25.2 Å². The minimum atomic E-state index is -0.357. The Bertz CT molecular complexity index is 226. The summed E-state index contributed by atoms with van der Waals surface area (Å²) in [7, 11) is 0. The van der Waals surface area contributed by atoms with E-state index >= 15 is 0 Å². The van der Waals surface area contributed by atoms with Gasteiger partial charge >= 0.3 is 0 Å². The van der Waals surface area contributed by atoms with Crippen LogP contribution in [0.15, 0.2) is 0 Å². The quantitative estimate of drug-likeness (QED) is 0.770. The van der Waals surface area contributed by atoms with Crippen LogP contribution in [0.3, 0.4) is 0 Å². The van der Waals surface area contributed by atoms with Gasteiger partial charge in [0.15, 0.2) is 0 Å². The van der Waals surface area contributed by atoms with Crippen LogP contribution in [0.5, 0.6) is 0 Å². The predicted octanol–water partition coefficient (Wildman–Crippen LogP) is 1.48. The topological polar surface area (TPSA) is 46.3 Å². The lowest BCUT2D eigenvalue weighted by atomic mass is 9.86. The molecule has 0 aromatic heterocycles. The van der Waals surface area contributed by atoms with Crippen LogP contribution in [0.25, 0.3) is 0 Å². The van der Waals surface area contributed by atoms with Crippen LogP contribution in [0, 0.1) is 17.3 Å². The fourth-order valence-corrected chi connectivity index (χ4v) is 2.06. The Hall–Kier alpha value is -0.570. The molecular weight excluding hydrogens is 188 g/mol. The second-order valence-electron chi connectivity index (χ2n) is 5.28. The minimum absolute atomic E-state index is 0.240. The maximum Gasteiger partial charge on any atom is 0.229 e. The molecule has 0 saturated carbocycles. The van der Waals surface area contributed by atoms with Crippen molar-refractivity contribution >= 4 is 5.91 Å². The van der Waals surface area contributed by atoms with Gasteiger partial charge in [0.2, 0.25) is 5.91 Å². The van der Waals surface area contributed by atoms with Crippen LogP contribution in [-0.2, 0) is 4.79 Å². The van der Waals surface area contributed by atoms with Gasteiger partial charge in [-0.2, -0.15) is 0 Å². The van der Waals surface area contributed by atoms with Crippen molar-refractivity contribution < 1.29 is 4.79 Å². The lowest BCUT2D eigenvalue weighted by molar-refractivity contribution is -0.140. The van der Waals surface area contributed by atoms with Gasteiger partial charge in [-0.15, -0.1) is 0 Å². The highest BCUT2D eigenvalue weighted by Crippen LogP contribution is 2.29. The summed E-state index contributed by atoms with van der Waals surface area (Å²) in [6, 6.07) is 0. The highest BCUT2D eigenvalue weighted by molar-refractivity contribution is 5.82. The Morgan fingerprint density at radius 2 is 1.87 bits per heavy atom. The second-order valence-corrected chi connectivity index (χ2v) is 5.28. The number of hydrogen-bond acceptors (Lipinski definition) is 2. The second kappa shape index (κ2) is 4.52. The van der Waals surface area contributed by atoms with Gasteiger partial charge in [-0.3, -0.25) is 4.79 Å². The zero-order valence-electron chi connectivity index (χ0n) is 10.4. The first kappa shape index (κ1) is 12.5. The average molecular weight is 212 g/mol. The molecule has 1 amide bonds. The molecule has 0 aromatic carbocycles. The number of likely N-dealkylation sites (tertiary alicyclic amines) is 1. The number of amides is 1. The zero-order chi connectivity index (χ0) is 11.6. The van der Waals surface area contributed by atoms with Crippen LogP contribution >= 0.6 is 0 Å². The first-order valence-corrected chi connectivity index (χ1v) is 5.94. The van der Waals surface area contributed by atoms with Crippen molar-refractivity contribution in [2.24, 2.45) is 23.0 Å². The first-order valence-electron chi connectivity index (χ1n) is 5.94. The Kier molecular flexibility index (Phi) is 3.77. The van der Waals surface area contributed by atoms with Gasteiger partial charge in [0.05, 0.1) is 5.41 Å². The molecule has 1 aliphatic heterocycles. The molecule has 1 rings (SSSR count). The van der Waals surface area contributed by atoms with Crippen LogP contribution in [0.2, 0.25) is 0 Å². The molecule has 0 aliphatic carbocycles. The van der Waals surface area contributed by atoms with Crippen LogP contribution in [0.1, 0.15) is 34.1 Å². The van der Waals surface area contributed by atoms with Crippen LogP contribution < -0.4 is 5.73 Å². The largest absolute Gasteiger partial charge is 0.342 e. The molecule has 15 heavy (non-hydrogen) atoms. The zero-order valence-corrected chi connectivity index (χ0v) is 10.4. The molecule has 0 radical (unpaired) electrons. The van der Waals surface area contributed by atoms with Gasteiger partial charge in [-0.1, -0.05) is 20.8 Å². The third-order valence-electron chi connectivity index (χ3n) is 4.02. The van der Waals surface area contributed by atoms with E-state index in [1.807, 2.05) is 18.7 Å². The first-order chi connectivity index (χ1) is 6.94. The van der Waals surface area contributed by atoms with Crippen molar-refractivity contribution in [2.45, 2.75) is 34.1 Å². The molecule has 0 bridgehead atoms. The monoisotopic (exact) mass is 212 g/mol. The van der Waals surface area contributed by atoms with E-state index in [4.69, 9.17) is 5.73 Å². The number of carbonyl (C=O) groups is 1. The summed E-state index contributed by atoms with van der Waals surface area (Å²) in [6.07, 6.45) is 0.821. The molecule has 0 spiro atoms.